The highest BCUT2D eigenvalue weighted by molar-refractivity contribution is 7.09. The molecular formula is C11H15NO2S. The van der Waals surface area contributed by atoms with Crippen LogP contribution in [0, 0.1) is 0 Å². The molecule has 1 aromatic rings. The summed E-state index contributed by atoms with van der Waals surface area (Å²) in [6.45, 7) is 1.70. The first-order valence-electron chi connectivity index (χ1n) is 5.26. The third kappa shape index (κ3) is 2.58. The van der Waals surface area contributed by atoms with Crippen LogP contribution in [0.4, 0.5) is 0 Å². The molecule has 82 valence electrons. The first-order chi connectivity index (χ1) is 7.27. The highest BCUT2D eigenvalue weighted by atomic mass is 32.1. The van der Waals surface area contributed by atoms with Crippen molar-refractivity contribution in [2.24, 2.45) is 0 Å². The van der Waals surface area contributed by atoms with E-state index in [2.05, 4.69) is 11.0 Å². The highest BCUT2D eigenvalue weighted by Crippen LogP contribution is 2.21. The number of thiophene rings is 1. The number of rotatable bonds is 3. The number of carbonyl (C=O) groups is 1. The van der Waals surface area contributed by atoms with Crippen molar-refractivity contribution in [3.63, 3.8) is 0 Å². The summed E-state index contributed by atoms with van der Waals surface area (Å²) in [5, 5.41) is 11.1. The largest absolute Gasteiger partial charge is 0.480 e. The van der Waals surface area contributed by atoms with Gasteiger partial charge in [-0.1, -0.05) is 12.5 Å². The second kappa shape index (κ2) is 4.77. The van der Waals surface area contributed by atoms with Gasteiger partial charge >= 0.3 is 5.97 Å². The van der Waals surface area contributed by atoms with Gasteiger partial charge in [-0.25, -0.2) is 0 Å². The summed E-state index contributed by atoms with van der Waals surface area (Å²) < 4.78 is 0. The predicted molar refractivity (Wildman–Crippen MR) is 60.0 cm³/mol. The maximum Gasteiger partial charge on any atom is 0.320 e. The molecule has 1 fully saturated rings. The summed E-state index contributed by atoms with van der Waals surface area (Å²) in [5.74, 6) is -0.675. The van der Waals surface area contributed by atoms with Crippen LogP contribution >= 0.6 is 11.3 Å². The van der Waals surface area contributed by atoms with Gasteiger partial charge in [0.2, 0.25) is 0 Å². The monoisotopic (exact) mass is 225 g/mol. The molecule has 0 radical (unpaired) electrons. The molecule has 1 atom stereocenters. The fourth-order valence-corrected chi connectivity index (χ4v) is 2.79. The number of carboxylic acid groups (broad SMARTS) is 1. The number of nitrogens with zero attached hydrogens (tertiary/aromatic N) is 1. The normalized spacial score (nSPS) is 22.8. The van der Waals surface area contributed by atoms with Gasteiger partial charge in [0.25, 0.3) is 0 Å². The van der Waals surface area contributed by atoms with Crippen LogP contribution in [0.1, 0.15) is 24.1 Å². The minimum absolute atomic E-state index is 0.277. The van der Waals surface area contributed by atoms with E-state index in [1.807, 2.05) is 11.4 Å². The van der Waals surface area contributed by atoms with Crippen molar-refractivity contribution < 1.29 is 9.90 Å². The lowest BCUT2D eigenvalue weighted by Gasteiger charge is -2.32. The van der Waals surface area contributed by atoms with E-state index in [0.717, 1.165) is 32.4 Å². The van der Waals surface area contributed by atoms with E-state index in [1.165, 1.54) is 4.88 Å². The summed E-state index contributed by atoms with van der Waals surface area (Å²) in [5.41, 5.74) is 0. The molecule has 1 N–H and O–H groups in total. The van der Waals surface area contributed by atoms with Gasteiger partial charge in [-0.05, 0) is 30.8 Å². The van der Waals surface area contributed by atoms with E-state index in [0.29, 0.717) is 0 Å². The number of aliphatic carboxylic acids is 1. The third-order valence-electron chi connectivity index (χ3n) is 2.84. The van der Waals surface area contributed by atoms with Crippen LogP contribution in [0.2, 0.25) is 0 Å². The molecule has 1 aliphatic heterocycles. The Morgan fingerprint density at radius 2 is 2.47 bits per heavy atom. The van der Waals surface area contributed by atoms with Gasteiger partial charge in [0.15, 0.2) is 0 Å². The molecule has 2 rings (SSSR count). The van der Waals surface area contributed by atoms with Gasteiger partial charge in [-0.3, -0.25) is 9.69 Å². The van der Waals surface area contributed by atoms with Crippen LogP contribution < -0.4 is 0 Å². The summed E-state index contributed by atoms with van der Waals surface area (Å²) in [4.78, 5) is 14.4. The van der Waals surface area contributed by atoms with Crippen LogP contribution in [-0.4, -0.2) is 28.6 Å². The Bertz CT molecular complexity index is 323. The van der Waals surface area contributed by atoms with Crippen molar-refractivity contribution in [2.75, 3.05) is 6.54 Å². The van der Waals surface area contributed by atoms with Crippen molar-refractivity contribution in [2.45, 2.75) is 31.8 Å². The van der Waals surface area contributed by atoms with Crippen molar-refractivity contribution in [3.8, 4) is 0 Å². The molecule has 2 heterocycles. The first-order valence-corrected chi connectivity index (χ1v) is 6.14. The minimum atomic E-state index is -0.675. The Balaban J connectivity index is 2.02. The third-order valence-corrected chi connectivity index (χ3v) is 3.70. The zero-order valence-electron chi connectivity index (χ0n) is 8.56. The summed E-state index contributed by atoms with van der Waals surface area (Å²) in [7, 11) is 0. The van der Waals surface area contributed by atoms with E-state index in [-0.39, 0.29) is 6.04 Å². The van der Waals surface area contributed by atoms with Gasteiger partial charge in [-0.2, -0.15) is 0 Å². The van der Waals surface area contributed by atoms with Crippen molar-refractivity contribution >= 4 is 17.3 Å². The van der Waals surface area contributed by atoms with Crippen LogP contribution in [0.3, 0.4) is 0 Å². The predicted octanol–water partition coefficient (Wildman–Crippen LogP) is 2.19. The van der Waals surface area contributed by atoms with Crippen LogP contribution in [0.25, 0.3) is 0 Å². The van der Waals surface area contributed by atoms with Crippen LogP contribution in [0.5, 0.6) is 0 Å². The zero-order valence-corrected chi connectivity index (χ0v) is 9.37. The summed E-state index contributed by atoms with van der Waals surface area (Å²) >= 11 is 1.70. The standard InChI is InChI=1S/C11H15NO2S/c13-11(14)10-5-1-2-6-12(10)8-9-4-3-7-15-9/h3-4,7,10H,1-2,5-6,8H2,(H,13,14)/t10-/m0/s1. The first kappa shape index (κ1) is 10.6. The van der Waals surface area contributed by atoms with E-state index in [1.54, 1.807) is 11.3 Å². The fourth-order valence-electron chi connectivity index (χ4n) is 2.06. The molecule has 1 aromatic heterocycles. The number of likely N-dealkylation sites (tertiary alicyclic amines) is 1. The second-order valence-corrected chi connectivity index (χ2v) is 4.93. The van der Waals surface area contributed by atoms with Crippen LogP contribution in [-0.2, 0) is 11.3 Å². The minimum Gasteiger partial charge on any atom is -0.480 e. The van der Waals surface area contributed by atoms with Crippen LogP contribution in [0.15, 0.2) is 17.5 Å². The lowest BCUT2D eigenvalue weighted by molar-refractivity contribution is -0.144. The Kier molecular flexibility index (Phi) is 3.38. The topological polar surface area (TPSA) is 40.5 Å². The van der Waals surface area contributed by atoms with Gasteiger partial charge < -0.3 is 5.11 Å². The molecule has 15 heavy (non-hydrogen) atoms. The summed E-state index contributed by atoms with van der Waals surface area (Å²) in [6.07, 6.45) is 2.95. The van der Waals surface area contributed by atoms with Gasteiger partial charge in [-0.15, -0.1) is 11.3 Å². The Labute approximate surface area is 93.3 Å². The molecule has 0 spiro atoms. The second-order valence-electron chi connectivity index (χ2n) is 3.90. The molecule has 0 aromatic carbocycles. The fraction of sp³-hybridized carbons (Fsp3) is 0.545. The van der Waals surface area contributed by atoms with Gasteiger partial charge in [0, 0.05) is 11.4 Å². The number of carboxylic acids is 1. The van der Waals surface area contributed by atoms with Crippen molar-refractivity contribution in [1.29, 1.82) is 0 Å². The number of hydrogen-bond donors (Lipinski definition) is 1. The molecule has 1 aliphatic rings. The lowest BCUT2D eigenvalue weighted by atomic mass is 10.0. The van der Waals surface area contributed by atoms with E-state index < -0.39 is 5.97 Å². The molecule has 0 unspecified atom stereocenters. The Morgan fingerprint density at radius 1 is 1.60 bits per heavy atom. The maximum atomic E-state index is 11.1. The average Bonchev–Trinajstić information content (AvgIpc) is 2.71. The Hall–Kier alpha value is -0.870. The molecule has 0 bridgehead atoms. The maximum absolute atomic E-state index is 11.1. The van der Waals surface area contributed by atoms with Crippen molar-refractivity contribution in [3.05, 3.63) is 22.4 Å². The molecular weight excluding hydrogens is 210 g/mol. The van der Waals surface area contributed by atoms with Gasteiger partial charge in [0.05, 0.1) is 0 Å². The quantitative estimate of drug-likeness (QED) is 0.857. The van der Waals surface area contributed by atoms with Crippen molar-refractivity contribution in [1.82, 2.24) is 4.90 Å². The molecule has 0 aliphatic carbocycles. The number of hydrogen-bond acceptors (Lipinski definition) is 3. The highest BCUT2D eigenvalue weighted by Gasteiger charge is 2.28. The molecule has 0 amide bonds. The van der Waals surface area contributed by atoms with E-state index in [9.17, 15) is 4.79 Å². The lowest BCUT2D eigenvalue weighted by Crippen LogP contribution is -2.43. The molecule has 3 nitrogen and oxygen atoms in total. The SMILES string of the molecule is O=C(O)[C@@H]1CCCCN1Cc1cccs1. The molecule has 1 saturated heterocycles. The number of piperidine rings is 1. The Morgan fingerprint density at radius 3 is 3.13 bits per heavy atom. The zero-order chi connectivity index (χ0) is 10.7. The average molecular weight is 225 g/mol. The molecule has 4 heteroatoms. The van der Waals surface area contributed by atoms with E-state index >= 15 is 0 Å². The van der Waals surface area contributed by atoms with E-state index in [4.69, 9.17) is 5.11 Å². The summed E-state index contributed by atoms with van der Waals surface area (Å²) in [6, 6.07) is 3.80. The van der Waals surface area contributed by atoms with Gasteiger partial charge in [0.1, 0.15) is 6.04 Å². The molecule has 0 saturated carbocycles. The smallest absolute Gasteiger partial charge is 0.320 e.